The summed E-state index contributed by atoms with van der Waals surface area (Å²) in [6.45, 7) is 0.554. The van der Waals surface area contributed by atoms with Crippen LogP contribution in [0.5, 0.6) is 0 Å². The summed E-state index contributed by atoms with van der Waals surface area (Å²) in [5, 5.41) is 1.94. The number of nitrogen functional groups attached to an aromatic ring is 1. The number of pyridine rings is 1. The first kappa shape index (κ1) is 15.8. The van der Waals surface area contributed by atoms with E-state index in [1.165, 1.54) is 0 Å². The van der Waals surface area contributed by atoms with Crippen LogP contribution in [0.1, 0.15) is 17.5 Å². The van der Waals surface area contributed by atoms with Crippen LogP contribution >= 0.6 is 24.0 Å². The normalized spacial score (nSPS) is 19.6. The second-order valence-electron chi connectivity index (χ2n) is 4.97. The molecule has 2 heterocycles. The Labute approximate surface area is 133 Å². The highest BCUT2D eigenvalue weighted by Gasteiger charge is 2.34. The van der Waals surface area contributed by atoms with Gasteiger partial charge in [-0.05, 0) is 30.0 Å². The van der Waals surface area contributed by atoms with E-state index in [-0.39, 0.29) is 18.3 Å². The van der Waals surface area contributed by atoms with Crippen LogP contribution < -0.4 is 11.5 Å². The fourth-order valence-corrected chi connectivity index (χ4v) is 2.88. The SMILES string of the molecule is Cl.Nc1cc2ccncc2cc1C(Cl)N1CC[C@H](N)C1=O. The zero-order valence-electron chi connectivity index (χ0n) is 11.2. The molecule has 4 N–H and O–H groups in total. The van der Waals surface area contributed by atoms with Crippen LogP contribution in [-0.2, 0) is 4.79 Å². The van der Waals surface area contributed by atoms with Crippen LogP contribution in [0.2, 0.25) is 0 Å². The molecule has 5 nitrogen and oxygen atoms in total. The van der Waals surface area contributed by atoms with E-state index in [0.717, 1.165) is 16.3 Å². The molecule has 0 radical (unpaired) electrons. The third-order valence-electron chi connectivity index (χ3n) is 3.65. The number of hydrogen-bond donors (Lipinski definition) is 2. The van der Waals surface area contributed by atoms with Crippen molar-refractivity contribution < 1.29 is 4.79 Å². The first-order valence-electron chi connectivity index (χ1n) is 6.41. The van der Waals surface area contributed by atoms with E-state index in [1.807, 2.05) is 18.2 Å². The van der Waals surface area contributed by atoms with Crippen LogP contribution in [0.4, 0.5) is 5.69 Å². The van der Waals surface area contributed by atoms with E-state index in [2.05, 4.69) is 4.98 Å². The van der Waals surface area contributed by atoms with Crippen molar-refractivity contribution in [2.75, 3.05) is 12.3 Å². The zero-order chi connectivity index (χ0) is 14.3. The molecule has 1 aromatic carbocycles. The standard InChI is InChI=1S/C14H15ClN4O.ClH/c15-13(19-4-2-11(16)14(19)20)10-5-9-7-18-3-1-8(9)6-12(10)17;/h1,3,5-7,11,13H,2,4,16-17H2;1H/t11-,13?;/m0./s1. The molecular formula is C14H16Cl2N4O. The molecule has 21 heavy (non-hydrogen) atoms. The van der Waals surface area contributed by atoms with Crippen molar-refractivity contribution >= 4 is 46.4 Å². The number of nitrogens with zero attached hydrogens (tertiary/aromatic N) is 2. The Kier molecular flexibility index (Phi) is 4.56. The van der Waals surface area contributed by atoms with Gasteiger partial charge in [0.1, 0.15) is 5.50 Å². The lowest BCUT2D eigenvalue weighted by atomic mass is 10.1. The molecule has 0 aliphatic carbocycles. The lowest BCUT2D eigenvalue weighted by Crippen LogP contribution is -2.35. The number of anilines is 1. The van der Waals surface area contributed by atoms with Crippen LogP contribution in [0.25, 0.3) is 10.8 Å². The molecule has 112 valence electrons. The van der Waals surface area contributed by atoms with Gasteiger partial charge in [-0.1, -0.05) is 11.6 Å². The van der Waals surface area contributed by atoms with Crippen LogP contribution in [-0.4, -0.2) is 28.4 Å². The molecule has 3 rings (SSSR count). The highest BCUT2D eigenvalue weighted by molar-refractivity contribution is 6.22. The number of amides is 1. The molecule has 1 aromatic heterocycles. The van der Waals surface area contributed by atoms with Crippen molar-refractivity contribution in [2.45, 2.75) is 18.0 Å². The third-order valence-corrected chi connectivity index (χ3v) is 4.12. The lowest BCUT2D eigenvalue weighted by Gasteiger charge is -2.24. The first-order valence-corrected chi connectivity index (χ1v) is 6.85. The van der Waals surface area contributed by atoms with Crippen LogP contribution in [0, 0.1) is 0 Å². The summed E-state index contributed by atoms with van der Waals surface area (Å²) in [6, 6.07) is 5.16. The van der Waals surface area contributed by atoms with Gasteiger partial charge in [0.25, 0.3) is 0 Å². The summed E-state index contributed by atoms with van der Waals surface area (Å²) in [6.07, 6.45) is 4.08. The summed E-state index contributed by atoms with van der Waals surface area (Å²) in [5.41, 5.74) is 12.5. The minimum Gasteiger partial charge on any atom is -0.398 e. The van der Waals surface area contributed by atoms with Crippen molar-refractivity contribution in [1.82, 2.24) is 9.88 Å². The van der Waals surface area contributed by atoms with E-state index in [9.17, 15) is 4.79 Å². The number of hydrogen-bond acceptors (Lipinski definition) is 4. The summed E-state index contributed by atoms with van der Waals surface area (Å²) >= 11 is 6.43. The van der Waals surface area contributed by atoms with Gasteiger partial charge in [0, 0.05) is 35.6 Å². The molecule has 0 saturated carbocycles. The minimum absolute atomic E-state index is 0. The molecule has 1 aliphatic heterocycles. The highest BCUT2D eigenvalue weighted by atomic mass is 35.5. The van der Waals surface area contributed by atoms with Gasteiger partial charge >= 0.3 is 0 Å². The number of benzene rings is 1. The smallest absolute Gasteiger partial charge is 0.241 e. The third kappa shape index (κ3) is 2.77. The van der Waals surface area contributed by atoms with Crippen molar-refractivity contribution in [3.05, 3.63) is 36.2 Å². The number of halogens is 2. The number of aromatic nitrogens is 1. The number of carbonyl (C=O) groups is 1. The largest absolute Gasteiger partial charge is 0.398 e. The molecule has 7 heteroatoms. The second kappa shape index (κ2) is 6.05. The summed E-state index contributed by atoms with van der Waals surface area (Å²) in [5.74, 6) is -0.129. The van der Waals surface area contributed by atoms with E-state index in [1.54, 1.807) is 17.3 Å². The molecule has 1 fully saturated rings. The van der Waals surface area contributed by atoms with E-state index < -0.39 is 11.5 Å². The van der Waals surface area contributed by atoms with Gasteiger partial charge in [-0.25, -0.2) is 0 Å². The van der Waals surface area contributed by atoms with Crippen molar-refractivity contribution in [3.8, 4) is 0 Å². The number of likely N-dealkylation sites (tertiary alicyclic amines) is 1. The Morgan fingerprint density at radius 1 is 1.38 bits per heavy atom. The van der Waals surface area contributed by atoms with Crippen molar-refractivity contribution in [1.29, 1.82) is 0 Å². The molecule has 0 bridgehead atoms. The maximum absolute atomic E-state index is 12.0. The van der Waals surface area contributed by atoms with E-state index in [4.69, 9.17) is 23.1 Å². The lowest BCUT2D eigenvalue weighted by molar-refractivity contribution is -0.129. The quantitative estimate of drug-likeness (QED) is 0.502. The minimum atomic E-state index is -0.597. The molecule has 1 amide bonds. The van der Waals surface area contributed by atoms with E-state index >= 15 is 0 Å². The van der Waals surface area contributed by atoms with Crippen LogP contribution in [0.15, 0.2) is 30.6 Å². The zero-order valence-corrected chi connectivity index (χ0v) is 12.8. The Morgan fingerprint density at radius 3 is 2.81 bits per heavy atom. The maximum Gasteiger partial charge on any atom is 0.241 e. The van der Waals surface area contributed by atoms with Gasteiger partial charge in [0.2, 0.25) is 5.91 Å². The highest BCUT2D eigenvalue weighted by Crippen LogP contribution is 2.34. The molecule has 0 spiro atoms. The summed E-state index contributed by atoms with van der Waals surface area (Å²) in [7, 11) is 0. The monoisotopic (exact) mass is 326 g/mol. The average molecular weight is 327 g/mol. The molecule has 1 aliphatic rings. The van der Waals surface area contributed by atoms with Gasteiger partial charge in [-0.2, -0.15) is 0 Å². The Hall–Kier alpha value is -1.56. The Bertz CT molecular complexity index is 679. The molecule has 2 atom stereocenters. The second-order valence-corrected chi connectivity index (χ2v) is 5.38. The number of carbonyl (C=O) groups excluding carboxylic acids is 1. The van der Waals surface area contributed by atoms with Gasteiger partial charge in [-0.15, -0.1) is 12.4 Å². The molecule has 1 unspecified atom stereocenters. The average Bonchev–Trinajstić information content (AvgIpc) is 2.77. The molecule has 1 saturated heterocycles. The van der Waals surface area contributed by atoms with Gasteiger partial charge in [-0.3, -0.25) is 9.78 Å². The van der Waals surface area contributed by atoms with Crippen LogP contribution in [0.3, 0.4) is 0 Å². The number of fused-ring (bicyclic) bond motifs is 1. The van der Waals surface area contributed by atoms with Gasteiger partial charge in [0.05, 0.1) is 6.04 Å². The predicted octanol–water partition coefficient (Wildman–Crippen LogP) is 2.04. The van der Waals surface area contributed by atoms with Crippen molar-refractivity contribution in [2.24, 2.45) is 5.73 Å². The molecular weight excluding hydrogens is 311 g/mol. The maximum atomic E-state index is 12.0. The fourth-order valence-electron chi connectivity index (χ4n) is 2.50. The number of alkyl halides is 1. The van der Waals surface area contributed by atoms with Crippen molar-refractivity contribution in [3.63, 3.8) is 0 Å². The Morgan fingerprint density at radius 2 is 2.14 bits per heavy atom. The summed E-state index contributed by atoms with van der Waals surface area (Å²) in [4.78, 5) is 17.6. The first-order chi connectivity index (χ1) is 9.58. The number of rotatable bonds is 2. The predicted molar refractivity (Wildman–Crippen MR) is 86.3 cm³/mol. The topological polar surface area (TPSA) is 85.2 Å². The Balaban J connectivity index is 0.00000161. The van der Waals surface area contributed by atoms with Gasteiger partial charge < -0.3 is 16.4 Å². The van der Waals surface area contributed by atoms with E-state index in [0.29, 0.717) is 18.7 Å². The fraction of sp³-hybridized carbons (Fsp3) is 0.286. The van der Waals surface area contributed by atoms with Gasteiger partial charge in [0.15, 0.2) is 0 Å². The summed E-state index contributed by atoms with van der Waals surface area (Å²) < 4.78 is 0. The number of nitrogens with two attached hydrogens (primary N) is 2. The molecule has 2 aromatic rings.